The highest BCUT2D eigenvalue weighted by Gasteiger charge is 2.28. The number of nitrogens with two attached hydrogens (primary N) is 2. The number of anilines is 1. The molecular weight excluding hydrogens is 354 g/mol. The van der Waals surface area contributed by atoms with Gasteiger partial charge in [0.25, 0.3) is 5.91 Å². The van der Waals surface area contributed by atoms with Crippen molar-refractivity contribution in [2.45, 2.75) is 33.1 Å². The first kappa shape index (κ1) is 18.0. The van der Waals surface area contributed by atoms with Crippen molar-refractivity contribution in [1.29, 1.82) is 0 Å². The fourth-order valence-electron chi connectivity index (χ4n) is 3.02. The summed E-state index contributed by atoms with van der Waals surface area (Å²) in [5.74, 6) is 0.545. The van der Waals surface area contributed by atoms with E-state index in [1.54, 1.807) is 18.2 Å². The summed E-state index contributed by atoms with van der Waals surface area (Å²) in [6.45, 7) is 3.68. The second kappa shape index (κ2) is 7.21. The molecule has 3 rings (SSSR count). The van der Waals surface area contributed by atoms with Gasteiger partial charge in [-0.3, -0.25) is 4.79 Å². The highest BCUT2D eigenvalue weighted by molar-refractivity contribution is 6.31. The molecule has 0 aliphatic heterocycles. The number of amides is 1. The van der Waals surface area contributed by atoms with E-state index in [2.05, 4.69) is 15.5 Å². The average Bonchev–Trinajstić information content (AvgIpc) is 2.95. The van der Waals surface area contributed by atoms with Crippen LogP contribution in [0.15, 0.2) is 32.8 Å². The van der Waals surface area contributed by atoms with Crippen molar-refractivity contribution in [2.24, 2.45) is 21.7 Å². The maximum absolute atomic E-state index is 12.7. The van der Waals surface area contributed by atoms with Crippen LogP contribution < -0.4 is 16.8 Å². The van der Waals surface area contributed by atoms with Crippen molar-refractivity contribution in [3.63, 3.8) is 0 Å². The van der Waals surface area contributed by atoms with E-state index < -0.39 is 0 Å². The predicted molar refractivity (Wildman–Crippen MR) is 103 cm³/mol. The van der Waals surface area contributed by atoms with Gasteiger partial charge in [-0.25, -0.2) is 0 Å². The first-order valence-electron chi connectivity index (χ1n) is 8.23. The fourth-order valence-corrected chi connectivity index (χ4v) is 3.20. The van der Waals surface area contributed by atoms with E-state index in [9.17, 15) is 4.79 Å². The number of halogens is 1. The summed E-state index contributed by atoms with van der Waals surface area (Å²) in [6, 6.07) is 5.35. The Morgan fingerprint density at radius 1 is 1.23 bits per heavy atom. The molecule has 0 unspecified atom stereocenters. The Kier molecular flexibility index (Phi) is 4.99. The Morgan fingerprint density at radius 3 is 2.73 bits per heavy atom. The van der Waals surface area contributed by atoms with Crippen LogP contribution in [0.2, 0.25) is 5.02 Å². The van der Waals surface area contributed by atoms with E-state index in [0.29, 0.717) is 10.7 Å². The van der Waals surface area contributed by atoms with Gasteiger partial charge in [0.05, 0.1) is 5.71 Å². The first-order chi connectivity index (χ1) is 12.4. The maximum atomic E-state index is 12.7. The minimum atomic E-state index is -0.330. The van der Waals surface area contributed by atoms with Crippen molar-refractivity contribution in [3.05, 3.63) is 51.4 Å². The zero-order valence-electron chi connectivity index (χ0n) is 14.6. The molecule has 8 heteroatoms. The van der Waals surface area contributed by atoms with Crippen LogP contribution in [0.1, 0.15) is 45.8 Å². The SMILES string of the molecule is Cc1c(Cl)cccc1NC(=O)c1oc2c(c1C)/C(=N/N=C(N)N)CCC2. The number of carbonyl (C=O) groups excluding carboxylic acids is 1. The summed E-state index contributed by atoms with van der Waals surface area (Å²) in [7, 11) is 0. The maximum Gasteiger partial charge on any atom is 0.291 e. The molecule has 1 aromatic carbocycles. The van der Waals surface area contributed by atoms with Crippen LogP contribution in [-0.4, -0.2) is 17.6 Å². The third-order valence-corrected chi connectivity index (χ3v) is 4.74. The van der Waals surface area contributed by atoms with Gasteiger partial charge in [0.2, 0.25) is 5.96 Å². The van der Waals surface area contributed by atoms with Crippen molar-refractivity contribution < 1.29 is 9.21 Å². The van der Waals surface area contributed by atoms with Crippen molar-refractivity contribution in [3.8, 4) is 0 Å². The van der Waals surface area contributed by atoms with Crippen LogP contribution in [0.5, 0.6) is 0 Å². The van der Waals surface area contributed by atoms with Crippen molar-refractivity contribution >= 4 is 34.9 Å². The van der Waals surface area contributed by atoms with E-state index in [1.807, 2.05) is 13.8 Å². The molecule has 0 spiro atoms. The van der Waals surface area contributed by atoms with Gasteiger partial charge in [0.1, 0.15) is 5.76 Å². The lowest BCUT2D eigenvalue weighted by atomic mass is 9.93. The van der Waals surface area contributed by atoms with Gasteiger partial charge in [-0.05, 0) is 44.4 Å². The highest BCUT2D eigenvalue weighted by atomic mass is 35.5. The third-order valence-electron chi connectivity index (χ3n) is 4.33. The number of hydrogen-bond donors (Lipinski definition) is 3. The van der Waals surface area contributed by atoms with Crippen molar-refractivity contribution in [1.82, 2.24) is 0 Å². The molecule has 2 aromatic rings. The number of hydrogen-bond acceptors (Lipinski definition) is 4. The Hall–Kier alpha value is -2.80. The van der Waals surface area contributed by atoms with Crippen molar-refractivity contribution in [2.75, 3.05) is 5.32 Å². The second-order valence-corrected chi connectivity index (χ2v) is 6.55. The normalized spacial score (nSPS) is 14.8. The molecule has 1 aliphatic rings. The topological polar surface area (TPSA) is 119 Å². The molecule has 1 aromatic heterocycles. The molecule has 0 saturated heterocycles. The summed E-state index contributed by atoms with van der Waals surface area (Å²) in [5, 5.41) is 11.3. The molecule has 7 nitrogen and oxygen atoms in total. The number of carbonyl (C=O) groups is 1. The lowest BCUT2D eigenvalue weighted by Gasteiger charge is -2.11. The molecule has 1 aliphatic carbocycles. The second-order valence-electron chi connectivity index (χ2n) is 6.15. The Labute approximate surface area is 156 Å². The Bertz CT molecular complexity index is 926. The quantitative estimate of drug-likeness (QED) is 0.435. The zero-order valence-corrected chi connectivity index (χ0v) is 15.4. The van der Waals surface area contributed by atoms with Crippen LogP contribution >= 0.6 is 11.6 Å². The summed E-state index contributed by atoms with van der Waals surface area (Å²) >= 11 is 6.11. The highest BCUT2D eigenvalue weighted by Crippen LogP contribution is 2.31. The van der Waals surface area contributed by atoms with Gasteiger partial charge in [-0.2, -0.15) is 5.10 Å². The number of fused-ring (bicyclic) bond motifs is 1. The number of rotatable bonds is 3. The predicted octanol–water partition coefficient (Wildman–Crippen LogP) is 3.12. The molecule has 0 saturated carbocycles. The minimum absolute atomic E-state index is 0.111. The third kappa shape index (κ3) is 3.43. The molecule has 0 atom stereocenters. The van der Waals surface area contributed by atoms with Crippen LogP contribution in [0.25, 0.3) is 0 Å². The number of benzene rings is 1. The summed E-state index contributed by atoms with van der Waals surface area (Å²) in [4.78, 5) is 12.7. The summed E-state index contributed by atoms with van der Waals surface area (Å²) < 4.78 is 5.84. The van der Waals surface area contributed by atoms with Gasteiger partial charge >= 0.3 is 0 Å². The zero-order chi connectivity index (χ0) is 18.8. The molecular formula is C18H20ClN5O2. The van der Waals surface area contributed by atoms with E-state index in [4.69, 9.17) is 27.5 Å². The molecule has 0 fully saturated rings. The van der Waals surface area contributed by atoms with Crippen LogP contribution in [0.4, 0.5) is 5.69 Å². The first-order valence-corrected chi connectivity index (χ1v) is 8.61. The summed E-state index contributed by atoms with van der Waals surface area (Å²) in [5.41, 5.74) is 14.4. The molecule has 0 bridgehead atoms. The average molecular weight is 374 g/mol. The van der Waals surface area contributed by atoms with E-state index >= 15 is 0 Å². The lowest BCUT2D eigenvalue weighted by Crippen LogP contribution is -2.22. The van der Waals surface area contributed by atoms with E-state index in [-0.39, 0.29) is 17.6 Å². The summed E-state index contributed by atoms with van der Waals surface area (Å²) in [6.07, 6.45) is 2.31. The molecule has 1 heterocycles. The van der Waals surface area contributed by atoms with Gasteiger partial charge in [-0.15, -0.1) is 5.10 Å². The molecule has 26 heavy (non-hydrogen) atoms. The molecule has 136 valence electrons. The minimum Gasteiger partial charge on any atom is -0.455 e. The molecule has 5 N–H and O–H groups in total. The van der Waals surface area contributed by atoms with E-state index in [1.165, 1.54) is 0 Å². The number of nitrogens with one attached hydrogen (secondary N) is 1. The Morgan fingerprint density at radius 2 is 2.00 bits per heavy atom. The largest absolute Gasteiger partial charge is 0.455 e. The number of nitrogens with zero attached hydrogens (tertiary/aromatic N) is 2. The van der Waals surface area contributed by atoms with Gasteiger partial charge < -0.3 is 21.2 Å². The lowest BCUT2D eigenvalue weighted by molar-refractivity contribution is 0.0994. The van der Waals surface area contributed by atoms with Gasteiger partial charge in [0, 0.05) is 28.3 Å². The number of aryl methyl sites for hydroxylation is 1. The van der Waals surface area contributed by atoms with Crippen LogP contribution in [-0.2, 0) is 6.42 Å². The van der Waals surface area contributed by atoms with E-state index in [0.717, 1.165) is 47.4 Å². The Balaban J connectivity index is 1.95. The smallest absolute Gasteiger partial charge is 0.291 e. The van der Waals surface area contributed by atoms with Crippen LogP contribution in [0, 0.1) is 13.8 Å². The van der Waals surface area contributed by atoms with Gasteiger partial charge in [-0.1, -0.05) is 17.7 Å². The molecule has 0 radical (unpaired) electrons. The monoisotopic (exact) mass is 373 g/mol. The molecule has 1 amide bonds. The standard InChI is InChI=1S/C18H20ClN5O2/c1-9-11(19)5-3-6-12(9)22-17(25)16-10(2)15-13(23-24-18(20)21)7-4-8-14(15)26-16/h3,5-6H,4,7-8H2,1-2H3,(H,22,25)(H4,20,21,24)/b23-13+. The number of guanidine groups is 1. The van der Waals surface area contributed by atoms with Gasteiger partial charge in [0.15, 0.2) is 5.76 Å². The fraction of sp³-hybridized carbons (Fsp3) is 0.278. The van der Waals surface area contributed by atoms with Crippen LogP contribution in [0.3, 0.4) is 0 Å². The number of furan rings is 1.